The minimum atomic E-state index is -0.107. The second-order valence-electron chi connectivity index (χ2n) is 5.91. The number of ketones is 1. The molecule has 0 atom stereocenters. The Morgan fingerprint density at radius 3 is 2.70 bits per heavy atom. The van der Waals surface area contributed by atoms with Crippen molar-refractivity contribution < 1.29 is 9.53 Å². The van der Waals surface area contributed by atoms with E-state index in [2.05, 4.69) is 4.98 Å². The van der Waals surface area contributed by atoms with Crippen molar-refractivity contribution in [2.75, 3.05) is 19.5 Å². The standard InChI is InChI=1S/C20H19ClN2O3S/c1-26-12-6-11-23-19(25)15-8-3-5-10-17(15)22-20(23)27-13-18(24)14-7-2-4-9-16(14)21/h2-5,7-10H,6,11-13H2,1H3. The van der Waals surface area contributed by atoms with Crippen molar-refractivity contribution in [1.82, 2.24) is 9.55 Å². The van der Waals surface area contributed by atoms with E-state index in [0.29, 0.717) is 46.2 Å². The van der Waals surface area contributed by atoms with Gasteiger partial charge in [0.25, 0.3) is 5.56 Å². The first-order valence-electron chi connectivity index (χ1n) is 8.51. The van der Waals surface area contributed by atoms with Gasteiger partial charge in [-0.1, -0.05) is 47.6 Å². The number of carbonyl (C=O) groups excluding carboxylic acids is 1. The van der Waals surface area contributed by atoms with E-state index >= 15 is 0 Å². The second kappa shape index (κ2) is 9.17. The quantitative estimate of drug-likeness (QED) is 0.246. The lowest BCUT2D eigenvalue weighted by molar-refractivity contribution is 0.102. The van der Waals surface area contributed by atoms with Crippen LogP contribution in [0.4, 0.5) is 0 Å². The smallest absolute Gasteiger partial charge is 0.262 e. The van der Waals surface area contributed by atoms with E-state index in [1.165, 1.54) is 11.8 Å². The first-order chi connectivity index (χ1) is 13.1. The Morgan fingerprint density at radius 2 is 1.93 bits per heavy atom. The Kier molecular flexibility index (Phi) is 6.66. The van der Waals surface area contributed by atoms with Gasteiger partial charge in [-0.2, -0.15) is 0 Å². The minimum absolute atomic E-state index is 0.101. The number of carbonyl (C=O) groups is 1. The Hall–Kier alpha value is -2.15. The van der Waals surface area contributed by atoms with Crippen LogP contribution in [0, 0.1) is 0 Å². The highest BCUT2D eigenvalue weighted by Crippen LogP contribution is 2.22. The van der Waals surface area contributed by atoms with Gasteiger partial charge in [0.1, 0.15) is 0 Å². The number of ether oxygens (including phenoxy) is 1. The number of fused-ring (bicyclic) bond motifs is 1. The third-order valence-electron chi connectivity index (χ3n) is 4.06. The predicted molar refractivity (Wildman–Crippen MR) is 109 cm³/mol. The maximum atomic E-state index is 12.9. The second-order valence-corrected chi connectivity index (χ2v) is 7.26. The number of para-hydroxylation sites is 1. The van der Waals surface area contributed by atoms with Crippen LogP contribution in [-0.2, 0) is 11.3 Å². The summed E-state index contributed by atoms with van der Waals surface area (Å²) in [6.07, 6.45) is 0.683. The van der Waals surface area contributed by atoms with E-state index < -0.39 is 0 Å². The number of aromatic nitrogens is 2. The SMILES string of the molecule is COCCCn1c(SCC(=O)c2ccccc2Cl)nc2ccccc2c1=O. The van der Waals surface area contributed by atoms with Crippen molar-refractivity contribution in [3.8, 4) is 0 Å². The Morgan fingerprint density at radius 1 is 1.19 bits per heavy atom. The first kappa shape index (κ1) is 19.6. The Labute approximate surface area is 166 Å². The Bertz CT molecular complexity index is 1020. The van der Waals surface area contributed by atoms with Crippen LogP contribution in [0.25, 0.3) is 10.9 Å². The summed E-state index contributed by atoms with van der Waals surface area (Å²) in [5, 5.41) is 1.51. The lowest BCUT2D eigenvalue weighted by Crippen LogP contribution is -2.24. The van der Waals surface area contributed by atoms with E-state index in [-0.39, 0.29) is 17.1 Å². The molecule has 0 bridgehead atoms. The summed E-state index contributed by atoms with van der Waals surface area (Å²) < 4.78 is 6.71. The number of nitrogens with zero attached hydrogens (tertiary/aromatic N) is 2. The molecular formula is C20H19ClN2O3S. The molecule has 0 radical (unpaired) electrons. The fraction of sp³-hybridized carbons (Fsp3) is 0.250. The number of benzene rings is 2. The molecule has 140 valence electrons. The normalized spacial score (nSPS) is 11.0. The molecule has 0 amide bonds. The summed E-state index contributed by atoms with van der Waals surface area (Å²) in [7, 11) is 1.62. The van der Waals surface area contributed by atoms with Gasteiger partial charge >= 0.3 is 0 Å². The number of rotatable bonds is 8. The van der Waals surface area contributed by atoms with Gasteiger partial charge in [-0.15, -0.1) is 0 Å². The minimum Gasteiger partial charge on any atom is -0.385 e. The summed E-state index contributed by atoms with van der Waals surface area (Å²) in [6.45, 7) is 1.02. The molecule has 0 aliphatic carbocycles. The third kappa shape index (κ3) is 4.58. The van der Waals surface area contributed by atoms with Gasteiger partial charge in [0.15, 0.2) is 10.9 Å². The van der Waals surface area contributed by atoms with Crippen LogP contribution in [0.5, 0.6) is 0 Å². The number of halogens is 1. The average molecular weight is 403 g/mol. The topological polar surface area (TPSA) is 61.2 Å². The molecular weight excluding hydrogens is 384 g/mol. The summed E-state index contributed by atoms with van der Waals surface area (Å²) in [6, 6.07) is 14.2. The molecule has 27 heavy (non-hydrogen) atoms. The van der Waals surface area contributed by atoms with Crippen molar-refractivity contribution in [2.24, 2.45) is 0 Å². The maximum absolute atomic E-state index is 12.9. The van der Waals surface area contributed by atoms with Crippen LogP contribution in [0.15, 0.2) is 58.5 Å². The molecule has 5 nitrogen and oxygen atoms in total. The summed E-state index contributed by atoms with van der Waals surface area (Å²) in [5.41, 5.74) is 0.989. The lowest BCUT2D eigenvalue weighted by atomic mass is 10.1. The molecule has 0 N–H and O–H groups in total. The average Bonchev–Trinajstić information content (AvgIpc) is 2.68. The maximum Gasteiger partial charge on any atom is 0.262 e. The summed E-state index contributed by atoms with van der Waals surface area (Å²) >= 11 is 7.35. The van der Waals surface area contributed by atoms with Gasteiger partial charge in [0, 0.05) is 25.8 Å². The highest BCUT2D eigenvalue weighted by atomic mass is 35.5. The molecule has 1 heterocycles. The predicted octanol–water partition coefficient (Wildman–Crippen LogP) is 4.06. The molecule has 3 rings (SSSR count). The van der Waals surface area contributed by atoms with Crippen molar-refractivity contribution in [2.45, 2.75) is 18.1 Å². The molecule has 7 heteroatoms. The zero-order valence-corrected chi connectivity index (χ0v) is 16.4. The monoisotopic (exact) mass is 402 g/mol. The molecule has 2 aromatic carbocycles. The summed E-state index contributed by atoms with van der Waals surface area (Å²) in [5.74, 6) is 0.0511. The van der Waals surface area contributed by atoms with E-state index in [4.69, 9.17) is 16.3 Å². The van der Waals surface area contributed by atoms with Crippen molar-refractivity contribution in [1.29, 1.82) is 0 Å². The molecule has 0 spiro atoms. The highest BCUT2D eigenvalue weighted by Gasteiger charge is 2.15. The van der Waals surface area contributed by atoms with Gasteiger partial charge in [0.05, 0.1) is 21.7 Å². The van der Waals surface area contributed by atoms with Crippen LogP contribution in [-0.4, -0.2) is 34.8 Å². The molecule has 1 aromatic heterocycles. The number of hydrogen-bond acceptors (Lipinski definition) is 5. The number of thioether (sulfide) groups is 1. The van der Waals surface area contributed by atoms with Gasteiger partial charge in [-0.3, -0.25) is 14.2 Å². The van der Waals surface area contributed by atoms with Crippen molar-refractivity contribution in [3.63, 3.8) is 0 Å². The molecule has 3 aromatic rings. The van der Waals surface area contributed by atoms with Crippen molar-refractivity contribution >= 4 is 40.0 Å². The zero-order chi connectivity index (χ0) is 19.2. The molecule has 0 saturated carbocycles. The highest BCUT2D eigenvalue weighted by molar-refractivity contribution is 7.99. The largest absolute Gasteiger partial charge is 0.385 e. The molecule has 0 aliphatic heterocycles. The third-order valence-corrected chi connectivity index (χ3v) is 5.37. The van der Waals surface area contributed by atoms with Gasteiger partial charge in [-0.25, -0.2) is 4.98 Å². The van der Waals surface area contributed by atoms with E-state index in [0.717, 1.165) is 0 Å². The van der Waals surface area contributed by atoms with Crippen LogP contribution < -0.4 is 5.56 Å². The fourth-order valence-corrected chi connectivity index (χ4v) is 3.87. The first-order valence-corrected chi connectivity index (χ1v) is 9.87. The number of Topliss-reactive ketones (excluding diaryl/α,β-unsaturated/α-hetero) is 1. The molecule has 0 unspecified atom stereocenters. The summed E-state index contributed by atoms with van der Waals surface area (Å²) in [4.78, 5) is 30.0. The molecule has 0 fully saturated rings. The number of methoxy groups -OCH3 is 1. The van der Waals surface area contributed by atoms with E-state index in [1.807, 2.05) is 12.1 Å². The van der Waals surface area contributed by atoms with Gasteiger partial charge < -0.3 is 4.74 Å². The molecule has 0 aliphatic rings. The van der Waals surface area contributed by atoms with Crippen LogP contribution in [0.3, 0.4) is 0 Å². The van der Waals surface area contributed by atoms with E-state index in [9.17, 15) is 9.59 Å². The van der Waals surface area contributed by atoms with Crippen LogP contribution in [0.1, 0.15) is 16.8 Å². The van der Waals surface area contributed by atoms with Crippen LogP contribution in [0.2, 0.25) is 5.02 Å². The van der Waals surface area contributed by atoms with Gasteiger partial charge in [-0.05, 0) is 30.7 Å². The van der Waals surface area contributed by atoms with E-state index in [1.54, 1.807) is 48.1 Å². The fourth-order valence-electron chi connectivity index (χ4n) is 2.72. The van der Waals surface area contributed by atoms with Crippen LogP contribution >= 0.6 is 23.4 Å². The van der Waals surface area contributed by atoms with Gasteiger partial charge in [0.2, 0.25) is 0 Å². The lowest BCUT2D eigenvalue weighted by Gasteiger charge is -2.13. The zero-order valence-electron chi connectivity index (χ0n) is 14.9. The molecule has 0 saturated heterocycles. The number of hydrogen-bond donors (Lipinski definition) is 0. The Balaban J connectivity index is 1.90. The van der Waals surface area contributed by atoms with Crippen molar-refractivity contribution in [3.05, 3.63) is 69.5 Å².